The second kappa shape index (κ2) is 12.9. The zero-order valence-electron chi connectivity index (χ0n) is 16.9. The Morgan fingerprint density at radius 2 is 1.73 bits per heavy atom. The van der Waals surface area contributed by atoms with Gasteiger partial charge in [-0.1, -0.05) is 48.5 Å². The van der Waals surface area contributed by atoms with Crippen LogP contribution in [0.5, 0.6) is 5.75 Å². The molecule has 3 rings (SSSR count). The van der Waals surface area contributed by atoms with Crippen LogP contribution in [-0.4, -0.2) is 46.6 Å². The minimum Gasteiger partial charge on any atom is -0.492 e. The lowest BCUT2D eigenvalue weighted by Gasteiger charge is -2.21. The molecule has 1 aromatic heterocycles. The fourth-order valence-corrected chi connectivity index (χ4v) is 2.92. The molecular formula is C22H28Cl2N4O2. The lowest BCUT2D eigenvalue weighted by molar-refractivity contribution is -0.131. The van der Waals surface area contributed by atoms with Gasteiger partial charge in [0.15, 0.2) is 0 Å². The smallest absolute Gasteiger partial charge is 0.239 e. The van der Waals surface area contributed by atoms with Crippen LogP contribution in [0.2, 0.25) is 0 Å². The highest BCUT2D eigenvalue weighted by Gasteiger charge is 2.19. The zero-order chi connectivity index (χ0) is 19.8. The Labute approximate surface area is 189 Å². The number of hydrogen-bond donors (Lipinski definition) is 1. The van der Waals surface area contributed by atoms with Crippen molar-refractivity contribution >= 4 is 30.7 Å². The minimum atomic E-state index is -0.623. The first-order valence-electron chi connectivity index (χ1n) is 9.35. The lowest BCUT2D eigenvalue weighted by Crippen LogP contribution is -2.44. The number of hydrogen-bond acceptors (Lipinski definition) is 4. The molecule has 0 saturated carbocycles. The van der Waals surface area contributed by atoms with E-state index in [1.54, 1.807) is 18.3 Å². The first-order chi connectivity index (χ1) is 13.6. The molecule has 30 heavy (non-hydrogen) atoms. The number of halogens is 2. The number of amides is 1. The van der Waals surface area contributed by atoms with Crippen LogP contribution >= 0.6 is 24.8 Å². The Morgan fingerprint density at radius 3 is 2.40 bits per heavy atom. The summed E-state index contributed by atoms with van der Waals surface area (Å²) in [6.45, 7) is 1.64. The third-order valence-electron chi connectivity index (χ3n) is 4.46. The maximum atomic E-state index is 12.5. The summed E-state index contributed by atoms with van der Waals surface area (Å²) in [5.41, 5.74) is 8.12. The van der Waals surface area contributed by atoms with Gasteiger partial charge in [0.25, 0.3) is 0 Å². The summed E-state index contributed by atoms with van der Waals surface area (Å²) in [6.07, 6.45) is 4.13. The Hall–Kier alpha value is -2.54. The van der Waals surface area contributed by atoms with Crippen molar-refractivity contribution < 1.29 is 9.53 Å². The van der Waals surface area contributed by atoms with E-state index in [0.29, 0.717) is 19.6 Å². The number of carbonyl (C=O) groups excluding carboxylic acids is 1. The van der Waals surface area contributed by atoms with E-state index in [0.717, 1.165) is 18.0 Å². The summed E-state index contributed by atoms with van der Waals surface area (Å²) in [5, 5.41) is 0. The second-order valence-electron chi connectivity index (χ2n) is 6.75. The predicted molar refractivity (Wildman–Crippen MR) is 124 cm³/mol. The lowest BCUT2D eigenvalue weighted by atomic mass is 10.1. The van der Waals surface area contributed by atoms with Gasteiger partial charge in [-0.05, 0) is 17.7 Å². The van der Waals surface area contributed by atoms with Crippen molar-refractivity contribution in [2.45, 2.75) is 19.0 Å². The van der Waals surface area contributed by atoms with Gasteiger partial charge in [-0.3, -0.25) is 4.79 Å². The number of aromatic nitrogens is 2. The van der Waals surface area contributed by atoms with Crippen LogP contribution in [0.3, 0.4) is 0 Å². The first kappa shape index (κ1) is 25.5. The molecule has 1 atom stereocenters. The SMILES string of the molecule is CN(CCOc1ccccc1)C(=O)[C@@H](N)Cc1cn(Cc2ccccc2)cn1.Cl.Cl. The molecule has 0 aliphatic carbocycles. The van der Waals surface area contributed by atoms with Crippen LogP contribution in [0.1, 0.15) is 11.3 Å². The third kappa shape index (κ3) is 7.71. The van der Waals surface area contributed by atoms with E-state index in [1.165, 1.54) is 5.56 Å². The summed E-state index contributed by atoms with van der Waals surface area (Å²) in [7, 11) is 1.74. The molecule has 162 valence electrons. The number of ether oxygens (including phenoxy) is 1. The number of nitrogens with zero attached hydrogens (tertiary/aromatic N) is 3. The molecule has 0 radical (unpaired) electrons. The standard InChI is InChI=1S/C22H26N4O2.2ClH/c1-25(12-13-28-20-10-6-3-7-11-20)22(27)21(23)14-19-16-26(17-24-19)15-18-8-4-2-5-9-18;;/h2-11,16-17,21H,12-15,23H2,1H3;2*1H/t21-;;/m0../s1. The van der Waals surface area contributed by atoms with Crippen molar-refractivity contribution in [3.63, 3.8) is 0 Å². The van der Waals surface area contributed by atoms with Crippen molar-refractivity contribution in [3.8, 4) is 5.75 Å². The van der Waals surface area contributed by atoms with Crippen LogP contribution in [0.25, 0.3) is 0 Å². The molecule has 3 aromatic rings. The summed E-state index contributed by atoms with van der Waals surface area (Å²) < 4.78 is 7.63. The van der Waals surface area contributed by atoms with Gasteiger partial charge in [-0.15, -0.1) is 24.8 Å². The highest BCUT2D eigenvalue weighted by molar-refractivity contribution is 5.85. The Bertz CT molecular complexity index is 875. The monoisotopic (exact) mass is 450 g/mol. The van der Waals surface area contributed by atoms with Gasteiger partial charge < -0.3 is 19.9 Å². The maximum Gasteiger partial charge on any atom is 0.239 e. The maximum absolute atomic E-state index is 12.5. The predicted octanol–water partition coefficient (Wildman–Crippen LogP) is 3.18. The molecule has 6 nitrogen and oxygen atoms in total. The van der Waals surface area contributed by atoms with Crippen LogP contribution in [0.15, 0.2) is 73.2 Å². The normalized spacial score (nSPS) is 11.0. The van der Waals surface area contributed by atoms with E-state index < -0.39 is 6.04 Å². The minimum absolute atomic E-state index is 0. The second-order valence-corrected chi connectivity index (χ2v) is 6.75. The van der Waals surface area contributed by atoms with Gasteiger partial charge in [0, 0.05) is 26.2 Å². The van der Waals surface area contributed by atoms with E-state index in [4.69, 9.17) is 10.5 Å². The fourth-order valence-electron chi connectivity index (χ4n) is 2.92. The van der Waals surface area contributed by atoms with E-state index in [-0.39, 0.29) is 30.7 Å². The highest BCUT2D eigenvalue weighted by atomic mass is 35.5. The molecule has 1 amide bonds. The van der Waals surface area contributed by atoms with Crippen molar-refractivity contribution in [2.75, 3.05) is 20.2 Å². The molecule has 2 N–H and O–H groups in total. The molecule has 0 saturated heterocycles. The molecule has 0 bridgehead atoms. The van der Waals surface area contributed by atoms with Crippen LogP contribution in [0, 0.1) is 0 Å². The fraction of sp³-hybridized carbons (Fsp3) is 0.273. The van der Waals surface area contributed by atoms with Gasteiger partial charge in [0.1, 0.15) is 12.4 Å². The molecule has 0 fully saturated rings. The van der Waals surface area contributed by atoms with E-state index in [1.807, 2.05) is 59.3 Å². The Balaban J connectivity index is 0.00000225. The number of carbonyl (C=O) groups is 1. The molecule has 0 aliphatic rings. The van der Waals surface area contributed by atoms with Crippen LogP contribution in [-0.2, 0) is 17.8 Å². The van der Waals surface area contributed by atoms with Crippen molar-refractivity contribution in [3.05, 3.63) is 84.4 Å². The van der Waals surface area contributed by atoms with Crippen LogP contribution in [0.4, 0.5) is 0 Å². The molecule has 2 aromatic carbocycles. The average molecular weight is 451 g/mol. The molecule has 1 heterocycles. The summed E-state index contributed by atoms with van der Waals surface area (Å²) in [6, 6.07) is 19.1. The number of benzene rings is 2. The number of rotatable bonds is 9. The first-order valence-corrected chi connectivity index (χ1v) is 9.35. The molecular weight excluding hydrogens is 423 g/mol. The van der Waals surface area contributed by atoms with Gasteiger partial charge in [0.2, 0.25) is 5.91 Å². The van der Waals surface area contributed by atoms with E-state index >= 15 is 0 Å². The number of likely N-dealkylation sites (N-methyl/N-ethyl adjacent to an activating group) is 1. The van der Waals surface area contributed by atoms with Gasteiger partial charge in [-0.25, -0.2) is 4.98 Å². The summed E-state index contributed by atoms with van der Waals surface area (Å²) in [4.78, 5) is 18.5. The number of para-hydroxylation sites is 1. The Morgan fingerprint density at radius 1 is 1.10 bits per heavy atom. The zero-order valence-corrected chi connectivity index (χ0v) is 18.5. The summed E-state index contributed by atoms with van der Waals surface area (Å²) in [5.74, 6) is 0.672. The molecule has 0 unspecified atom stereocenters. The average Bonchev–Trinajstić information content (AvgIpc) is 3.15. The van der Waals surface area contributed by atoms with Crippen LogP contribution < -0.4 is 10.5 Å². The Kier molecular flexibility index (Phi) is 11.0. The molecule has 0 aliphatic heterocycles. The van der Waals surface area contributed by atoms with Gasteiger partial charge in [-0.2, -0.15) is 0 Å². The topological polar surface area (TPSA) is 73.4 Å². The van der Waals surface area contributed by atoms with E-state index in [9.17, 15) is 4.79 Å². The van der Waals surface area contributed by atoms with Crippen molar-refractivity contribution in [2.24, 2.45) is 5.73 Å². The van der Waals surface area contributed by atoms with Gasteiger partial charge >= 0.3 is 0 Å². The molecule has 8 heteroatoms. The van der Waals surface area contributed by atoms with Crippen molar-refractivity contribution in [1.82, 2.24) is 14.5 Å². The third-order valence-corrected chi connectivity index (χ3v) is 4.46. The highest BCUT2D eigenvalue weighted by Crippen LogP contribution is 2.09. The number of imidazole rings is 1. The quantitative estimate of drug-likeness (QED) is 0.543. The largest absolute Gasteiger partial charge is 0.492 e. The van der Waals surface area contributed by atoms with Crippen molar-refractivity contribution in [1.29, 1.82) is 0 Å². The number of nitrogens with two attached hydrogens (primary N) is 1. The van der Waals surface area contributed by atoms with Gasteiger partial charge in [0.05, 0.1) is 24.6 Å². The summed E-state index contributed by atoms with van der Waals surface area (Å²) >= 11 is 0. The molecule has 0 spiro atoms. The van der Waals surface area contributed by atoms with E-state index in [2.05, 4.69) is 17.1 Å².